The van der Waals surface area contributed by atoms with Gasteiger partial charge in [0.25, 0.3) is 5.91 Å². The number of amides is 2. The first-order valence-corrected chi connectivity index (χ1v) is 13.9. The van der Waals surface area contributed by atoms with Crippen LogP contribution in [0.1, 0.15) is 31.9 Å². The van der Waals surface area contributed by atoms with Gasteiger partial charge in [-0.1, -0.05) is 36.4 Å². The van der Waals surface area contributed by atoms with Crippen LogP contribution in [0.4, 0.5) is 10.5 Å². The zero-order valence-corrected chi connectivity index (χ0v) is 22.9. The molecule has 39 heavy (non-hydrogen) atoms. The zero-order valence-electron chi connectivity index (χ0n) is 22.1. The van der Waals surface area contributed by atoms with Gasteiger partial charge in [-0.25, -0.2) is 13.2 Å². The molecule has 0 fully saturated rings. The fourth-order valence-corrected chi connectivity index (χ4v) is 5.84. The molecule has 0 bridgehead atoms. The summed E-state index contributed by atoms with van der Waals surface area (Å²) in [5.41, 5.74) is 2.10. The Hall–Kier alpha value is -4.36. The highest BCUT2D eigenvalue weighted by Gasteiger charge is 2.39. The minimum atomic E-state index is -4.00. The number of hydrogen-bond acceptors (Lipinski definition) is 7. The maximum atomic E-state index is 13.7. The van der Waals surface area contributed by atoms with Gasteiger partial charge in [-0.05, 0) is 67.8 Å². The third kappa shape index (κ3) is 6.38. The van der Waals surface area contributed by atoms with Gasteiger partial charge in [0.05, 0.1) is 41.6 Å². The molecule has 0 aromatic heterocycles. The average Bonchev–Trinajstić information content (AvgIpc) is 2.96. The summed E-state index contributed by atoms with van der Waals surface area (Å²) in [5, 5.41) is 11.9. The molecule has 2 amide bonds. The van der Waals surface area contributed by atoms with E-state index in [-0.39, 0.29) is 22.7 Å². The fraction of sp³-hybridized carbons (Fsp3) is 0.276. The smallest absolute Gasteiger partial charge is 0.408 e. The van der Waals surface area contributed by atoms with Crippen molar-refractivity contribution >= 4 is 27.5 Å². The van der Waals surface area contributed by atoms with E-state index in [1.807, 2.05) is 54.6 Å². The normalized spacial score (nSPS) is 16.4. The average molecular weight is 548 g/mol. The van der Waals surface area contributed by atoms with Crippen LogP contribution in [-0.4, -0.2) is 44.9 Å². The number of benzene rings is 3. The van der Waals surface area contributed by atoms with Crippen LogP contribution < -0.4 is 15.0 Å². The van der Waals surface area contributed by atoms with Gasteiger partial charge in [0.2, 0.25) is 0 Å². The first kappa shape index (κ1) is 27.7. The Bertz CT molecular complexity index is 1540. The van der Waals surface area contributed by atoms with Crippen LogP contribution in [0.3, 0.4) is 0 Å². The molecule has 1 N–H and O–H groups in total. The van der Waals surface area contributed by atoms with E-state index in [1.54, 1.807) is 27.9 Å². The molecule has 1 atom stereocenters. The summed E-state index contributed by atoms with van der Waals surface area (Å²) in [7, 11) is -2.40. The molecular weight excluding hydrogens is 518 g/mol. The topological polar surface area (TPSA) is 126 Å². The van der Waals surface area contributed by atoms with E-state index < -0.39 is 39.2 Å². The van der Waals surface area contributed by atoms with E-state index in [4.69, 9.17) is 9.47 Å². The largest absolute Gasteiger partial charge is 0.497 e. The molecule has 0 unspecified atom stereocenters. The van der Waals surface area contributed by atoms with Gasteiger partial charge in [-0.2, -0.15) is 5.26 Å². The summed E-state index contributed by atoms with van der Waals surface area (Å²) >= 11 is 0. The highest BCUT2D eigenvalue weighted by atomic mass is 32.2. The van der Waals surface area contributed by atoms with Crippen molar-refractivity contribution in [3.05, 3.63) is 77.9 Å². The Kier molecular flexibility index (Phi) is 7.65. The van der Waals surface area contributed by atoms with Crippen LogP contribution >= 0.6 is 0 Å². The summed E-state index contributed by atoms with van der Waals surface area (Å²) in [6.45, 7) is 5.02. The van der Waals surface area contributed by atoms with E-state index in [0.29, 0.717) is 0 Å². The van der Waals surface area contributed by atoms with Crippen LogP contribution in [-0.2, 0) is 25.9 Å². The van der Waals surface area contributed by atoms with Crippen molar-refractivity contribution in [3.63, 3.8) is 0 Å². The SMILES string of the molecule is COc1ccc(-c2ccc(CN3C(=O)[C@@H](NC(=O)OC(C)(C)C)CS(=O)(=O)c4ccc(C#N)cc43)cc2)cc1. The van der Waals surface area contributed by atoms with Gasteiger partial charge in [0.15, 0.2) is 9.84 Å². The molecule has 0 saturated heterocycles. The van der Waals surface area contributed by atoms with E-state index in [1.165, 1.54) is 23.1 Å². The van der Waals surface area contributed by atoms with E-state index in [2.05, 4.69) is 5.32 Å². The maximum absolute atomic E-state index is 13.7. The summed E-state index contributed by atoms with van der Waals surface area (Å²) in [6.07, 6.45) is -0.900. The molecule has 3 aromatic carbocycles. The van der Waals surface area contributed by atoms with Crippen LogP contribution in [0.2, 0.25) is 0 Å². The number of hydrogen-bond donors (Lipinski definition) is 1. The van der Waals surface area contributed by atoms with Crippen molar-refractivity contribution in [2.24, 2.45) is 0 Å². The van der Waals surface area contributed by atoms with Gasteiger partial charge in [0.1, 0.15) is 17.4 Å². The number of anilines is 1. The lowest BCUT2D eigenvalue weighted by atomic mass is 10.0. The third-order valence-electron chi connectivity index (χ3n) is 6.07. The minimum Gasteiger partial charge on any atom is -0.497 e. The molecular formula is C29H29N3O6S. The molecule has 1 aliphatic rings. The number of nitriles is 1. The lowest BCUT2D eigenvalue weighted by Gasteiger charge is -2.27. The monoisotopic (exact) mass is 547 g/mol. The van der Waals surface area contributed by atoms with Crippen LogP contribution in [0.5, 0.6) is 5.75 Å². The number of alkyl carbamates (subject to hydrolysis) is 1. The quantitative estimate of drug-likeness (QED) is 0.500. The molecule has 1 heterocycles. The molecule has 10 heteroatoms. The summed E-state index contributed by atoms with van der Waals surface area (Å²) < 4.78 is 37.1. The van der Waals surface area contributed by atoms with Gasteiger partial charge in [-0.15, -0.1) is 0 Å². The van der Waals surface area contributed by atoms with E-state index >= 15 is 0 Å². The number of carbonyl (C=O) groups is 2. The first-order chi connectivity index (χ1) is 18.4. The van der Waals surface area contributed by atoms with Gasteiger partial charge < -0.3 is 19.7 Å². The molecule has 0 spiro atoms. The maximum Gasteiger partial charge on any atom is 0.408 e. The van der Waals surface area contributed by atoms with Crippen molar-refractivity contribution in [3.8, 4) is 22.9 Å². The Labute approximate surface area is 227 Å². The lowest BCUT2D eigenvalue weighted by Crippen LogP contribution is -2.51. The summed E-state index contributed by atoms with van der Waals surface area (Å²) in [4.78, 5) is 27.5. The number of ether oxygens (including phenoxy) is 2. The molecule has 202 valence electrons. The Morgan fingerprint density at radius 3 is 2.23 bits per heavy atom. The van der Waals surface area contributed by atoms with Crippen molar-refractivity contribution < 1.29 is 27.5 Å². The number of sulfone groups is 1. The second-order valence-corrected chi connectivity index (χ2v) is 12.1. The van der Waals surface area contributed by atoms with Crippen LogP contribution in [0.15, 0.2) is 71.6 Å². The molecule has 4 rings (SSSR count). The molecule has 0 aliphatic carbocycles. The molecule has 0 saturated carbocycles. The Morgan fingerprint density at radius 2 is 1.67 bits per heavy atom. The van der Waals surface area contributed by atoms with Crippen molar-refractivity contribution in [2.45, 2.75) is 43.9 Å². The lowest BCUT2D eigenvalue weighted by molar-refractivity contribution is -0.120. The standard InChI is InChI=1S/C29H29N3O6S/c1-29(2,3)38-28(34)31-24-18-39(35,36)26-14-7-20(16-30)15-25(26)32(27(24)33)17-19-5-8-21(9-6-19)22-10-12-23(37-4)13-11-22/h5-15,24H,17-18H2,1-4H3,(H,31,34)/t24-/m0/s1. The van der Waals surface area contributed by atoms with Gasteiger partial charge in [-0.3, -0.25) is 4.79 Å². The Morgan fingerprint density at radius 1 is 1.05 bits per heavy atom. The Balaban J connectivity index is 1.70. The zero-order chi connectivity index (χ0) is 28.4. The molecule has 3 aromatic rings. The highest BCUT2D eigenvalue weighted by molar-refractivity contribution is 7.91. The van der Waals surface area contributed by atoms with Gasteiger partial charge in [0, 0.05) is 0 Å². The van der Waals surface area contributed by atoms with Crippen molar-refractivity contribution in [2.75, 3.05) is 17.8 Å². The number of nitrogens with zero attached hydrogens (tertiary/aromatic N) is 2. The predicted octanol–water partition coefficient (Wildman–Crippen LogP) is 4.45. The van der Waals surface area contributed by atoms with Crippen molar-refractivity contribution in [1.29, 1.82) is 5.26 Å². The van der Waals surface area contributed by atoms with E-state index in [9.17, 15) is 23.3 Å². The number of nitrogens with one attached hydrogen (secondary N) is 1. The summed E-state index contributed by atoms with van der Waals surface area (Å²) in [6, 6.07) is 19.8. The minimum absolute atomic E-state index is 0.0195. The highest BCUT2D eigenvalue weighted by Crippen LogP contribution is 2.33. The molecule has 1 aliphatic heterocycles. The third-order valence-corrected chi connectivity index (χ3v) is 7.86. The van der Waals surface area contributed by atoms with Crippen LogP contribution in [0, 0.1) is 11.3 Å². The number of fused-ring (bicyclic) bond motifs is 1. The number of rotatable bonds is 5. The fourth-order valence-electron chi connectivity index (χ4n) is 4.23. The number of methoxy groups -OCH3 is 1. The summed E-state index contributed by atoms with van der Waals surface area (Å²) in [5.74, 6) is -0.524. The predicted molar refractivity (Wildman–Crippen MR) is 146 cm³/mol. The molecule has 9 nitrogen and oxygen atoms in total. The van der Waals surface area contributed by atoms with E-state index in [0.717, 1.165) is 22.4 Å². The second-order valence-electron chi connectivity index (χ2n) is 10.1. The van der Waals surface area contributed by atoms with Gasteiger partial charge >= 0.3 is 6.09 Å². The number of carbonyl (C=O) groups excluding carboxylic acids is 2. The molecule has 0 radical (unpaired) electrons. The first-order valence-electron chi connectivity index (χ1n) is 12.2. The van der Waals surface area contributed by atoms with Crippen molar-refractivity contribution in [1.82, 2.24) is 5.32 Å². The second kappa shape index (κ2) is 10.8. The van der Waals surface area contributed by atoms with Crippen LogP contribution in [0.25, 0.3) is 11.1 Å².